The van der Waals surface area contributed by atoms with Gasteiger partial charge in [-0.05, 0) is 31.7 Å². The van der Waals surface area contributed by atoms with Crippen molar-refractivity contribution in [2.75, 3.05) is 13.2 Å². The van der Waals surface area contributed by atoms with Crippen LogP contribution in [0.4, 0.5) is 0 Å². The van der Waals surface area contributed by atoms with Crippen LogP contribution < -0.4 is 5.73 Å². The molecule has 4 heteroatoms. The maximum atomic E-state index is 9.73. The van der Waals surface area contributed by atoms with Crippen LogP contribution in [0.5, 0.6) is 0 Å². The summed E-state index contributed by atoms with van der Waals surface area (Å²) in [7, 11) is 0. The molecule has 18 heavy (non-hydrogen) atoms. The highest BCUT2D eigenvalue weighted by Crippen LogP contribution is 2.30. The van der Waals surface area contributed by atoms with Crippen molar-refractivity contribution >= 4 is 0 Å². The first-order chi connectivity index (χ1) is 8.52. The summed E-state index contributed by atoms with van der Waals surface area (Å²) in [5.41, 5.74) is 7.96. The van der Waals surface area contributed by atoms with Gasteiger partial charge in [0.2, 0.25) is 0 Å². The third-order valence-electron chi connectivity index (χ3n) is 4.06. The number of hydrogen-bond donors (Lipinski definition) is 2. The molecule has 0 fully saturated rings. The average Bonchev–Trinajstić information content (AvgIpc) is 2.77. The lowest BCUT2D eigenvalue weighted by molar-refractivity contribution is 0.0821. The molecule has 0 radical (unpaired) electrons. The number of nitrogens with zero attached hydrogens (tertiary/aromatic N) is 2. The summed E-state index contributed by atoms with van der Waals surface area (Å²) < 4.78 is 2.03. The maximum absolute atomic E-state index is 9.73. The van der Waals surface area contributed by atoms with Crippen molar-refractivity contribution in [3.8, 4) is 0 Å². The fourth-order valence-corrected chi connectivity index (χ4v) is 2.28. The molecule has 0 aliphatic carbocycles. The van der Waals surface area contributed by atoms with E-state index in [1.54, 1.807) is 0 Å². The lowest BCUT2D eigenvalue weighted by atomic mass is 9.74. The van der Waals surface area contributed by atoms with E-state index >= 15 is 0 Å². The van der Waals surface area contributed by atoms with Crippen LogP contribution in [0.1, 0.15) is 39.1 Å². The molecule has 0 bridgehead atoms. The summed E-state index contributed by atoms with van der Waals surface area (Å²) in [6.45, 7) is 9.92. The van der Waals surface area contributed by atoms with Crippen molar-refractivity contribution in [1.29, 1.82) is 0 Å². The van der Waals surface area contributed by atoms with Gasteiger partial charge in [-0.3, -0.25) is 4.68 Å². The third kappa shape index (κ3) is 2.93. The molecule has 1 rings (SSSR count). The molecule has 0 amide bonds. The van der Waals surface area contributed by atoms with E-state index in [9.17, 15) is 5.11 Å². The second kappa shape index (κ2) is 6.34. The van der Waals surface area contributed by atoms with Crippen LogP contribution in [0.3, 0.4) is 0 Å². The molecule has 1 atom stereocenters. The first kappa shape index (κ1) is 15.2. The minimum Gasteiger partial charge on any atom is -0.396 e. The second-order valence-corrected chi connectivity index (χ2v) is 5.35. The summed E-state index contributed by atoms with van der Waals surface area (Å²) in [6.07, 6.45) is 1.73. The first-order valence-corrected chi connectivity index (χ1v) is 6.89. The van der Waals surface area contributed by atoms with Crippen molar-refractivity contribution in [2.45, 2.75) is 47.1 Å². The van der Waals surface area contributed by atoms with Crippen LogP contribution >= 0.6 is 0 Å². The van der Waals surface area contributed by atoms with Gasteiger partial charge >= 0.3 is 0 Å². The Morgan fingerprint density at radius 1 is 1.44 bits per heavy atom. The van der Waals surface area contributed by atoms with E-state index in [2.05, 4.69) is 38.9 Å². The van der Waals surface area contributed by atoms with Crippen LogP contribution in [0.25, 0.3) is 0 Å². The van der Waals surface area contributed by atoms with Gasteiger partial charge in [0.15, 0.2) is 0 Å². The molecule has 1 unspecified atom stereocenters. The Kier molecular flexibility index (Phi) is 5.35. The van der Waals surface area contributed by atoms with E-state index in [0.29, 0.717) is 12.5 Å². The van der Waals surface area contributed by atoms with E-state index in [1.165, 1.54) is 5.69 Å². The molecule has 4 nitrogen and oxygen atoms in total. The predicted molar refractivity (Wildman–Crippen MR) is 74.4 cm³/mol. The minimum absolute atomic E-state index is 0.123. The van der Waals surface area contributed by atoms with Crippen molar-refractivity contribution in [3.63, 3.8) is 0 Å². The molecule has 0 saturated carbocycles. The standard InChI is InChI=1S/C14H27N3O/c1-5-12-7-13(17(6-2)16-12)8-14(9-15,10-18)11(3)4/h7,11,18H,5-6,8-10,15H2,1-4H3. The molecule has 0 aliphatic heterocycles. The number of aliphatic hydroxyl groups excluding tert-OH is 1. The summed E-state index contributed by atoms with van der Waals surface area (Å²) in [4.78, 5) is 0. The SMILES string of the molecule is CCc1cc(CC(CN)(CO)C(C)C)n(CC)n1. The van der Waals surface area contributed by atoms with Crippen LogP contribution in [-0.4, -0.2) is 28.0 Å². The number of aromatic nitrogens is 2. The van der Waals surface area contributed by atoms with Crippen LogP contribution in [-0.2, 0) is 19.4 Å². The summed E-state index contributed by atoms with van der Waals surface area (Å²) >= 11 is 0. The van der Waals surface area contributed by atoms with E-state index in [4.69, 9.17) is 5.73 Å². The zero-order valence-corrected chi connectivity index (χ0v) is 12.1. The van der Waals surface area contributed by atoms with Crippen molar-refractivity contribution in [3.05, 3.63) is 17.5 Å². The topological polar surface area (TPSA) is 64.1 Å². The lowest BCUT2D eigenvalue weighted by Crippen LogP contribution is -2.41. The molecule has 1 heterocycles. The number of rotatable bonds is 7. The molecule has 0 saturated heterocycles. The zero-order valence-electron chi connectivity index (χ0n) is 12.1. The Hall–Kier alpha value is -0.870. The Labute approximate surface area is 110 Å². The molecule has 1 aromatic rings. The molecule has 0 aliphatic rings. The summed E-state index contributed by atoms with van der Waals surface area (Å²) in [5.74, 6) is 0.345. The summed E-state index contributed by atoms with van der Waals surface area (Å²) in [5, 5.41) is 14.3. The predicted octanol–water partition coefficient (Wildman–Crippen LogP) is 1.60. The van der Waals surface area contributed by atoms with Gasteiger partial charge in [-0.25, -0.2) is 0 Å². The highest BCUT2D eigenvalue weighted by Gasteiger charge is 2.33. The second-order valence-electron chi connectivity index (χ2n) is 5.35. The number of hydrogen-bond acceptors (Lipinski definition) is 3. The molecule has 0 spiro atoms. The number of aryl methyl sites for hydroxylation is 2. The van der Waals surface area contributed by atoms with Crippen molar-refractivity contribution in [2.24, 2.45) is 17.1 Å². The molecular formula is C14H27N3O. The van der Waals surface area contributed by atoms with Gasteiger partial charge in [0.25, 0.3) is 0 Å². The summed E-state index contributed by atoms with van der Waals surface area (Å²) in [6, 6.07) is 2.14. The van der Waals surface area contributed by atoms with Gasteiger partial charge in [-0.1, -0.05) is 20.8 Å². The fourth-order valence-electron chi connectivity index (χ4n) is 2.28. The van der Waals surface area contributed by atoms with Gasteiger partial charge < -0.3 is 10.8 Å². The Morgan fingerprint density at radius 3 is 2.50 bits per heavy atom. The Bertz CT molecular complexity index is 367. The minimum atomic E-state index is -0.238. The first-order valence-electron chi connectivity index (χ1n) is 6.89. The maximum Gasteiger partial charge on any atom is 0.0624 e. The number of nitrogens with two attached hydrogens (primary N) is 1. The highest BCUT2D eigenvalue weighted by atomic mass is 16.3. The van der Waals surface area contributed by atoms with Gasteiger partial charge in [-0.2, -0.15) is 5.10 Å². The Morgan fingerprint density at radius 2 is 2.11 bits per heavy atom. The van der Waals surface area contributed by atoms with Crippen LogP contribution in [0.2, 0.25) is 0 Å². The normalized spacial score (nSPS) is 15.1. The lowest BCUT2D eigenvalue weighted by Gasteiger charge is -2.34. The van der Waals surface area contributed by atoms with Crippen LogP contribution in [0, 0.1) is 11.3 Å². The molecule has 104 valence electrons. The smallest absolute Gasteiger partial charge is 0.0624 e. The quantitative estimate of drug-likeness (QED) is 0.776. The zero-order chi connectivity index (χ0) is 13.8. The molecule has 3 N–H and O–H groups in total. The van der Waals surface area contributed by atoms with Crippen molar-refractivity contribution in [1.82, 2.24) is 9.78 Å². The van der Waals surface area contributed by atoms with Gasteiger partial charge in [-0.15, -0.1) is 0 Å². The monoisotopic (exact) mass is 253 g/mol. The fraction of sp³-hybridized carbons (Fsp3) is 0.786. The van der Waals surface area contributed by atoms with E-state index in [-0.39, 0.29) is 12.0 Å². The largest absolute Gasteiger partial charge is 0.396 e. The van der Waals surface area contributed by atoms with E-state index in [0.717, 1.165) is 25.1 Å². The van der Waals surface area contributed by atoms with Gasteiger partial charge in [0, 0.05) is 24.2 Å². The van der Waals surface area contributed by atoms with E-state index in [1.807, 2.05) is 4.68 Å². The van der Waals surface area contributed by atoms with E-state index < -0.39 is 0 Å². The molecular weight excluding hydrogens is 226 g/mol. The highest BCUT2D eigenvalue weighted by molar-refractivity contribution is 5.13. The molecule has 0 aromatic carbocycles. The third-order valence-corrected chi connectivity index (χ3v) is 4.06. The average molecular weight is 253 g/mol. The Balaban J connectivity index is 3.03. The number of aliphatic hydroxyl groups is 1. The van der Waals surface area contributed by atoms with Gasteiger partial charge in [0.05, 0.1) is 12.3 Å². The van der Waals surface area contributed by atoms with Crippen molar-refractivity contribution < 1.29 is 5.11 Å². The molecule has 1 aromatic heterocycles. The van der Waals surface area contributed by atoms with Crippen LogP contribution in [0.15, 0.2) is 6.07 Å². The van der Waals surface area contributed by atoms with Gasteiger partial charge in [0.1, 0.15) is 0 Å².